The molecule has 2 aromatic carbocycles. The van der Waals surface area contributed by atoms with Gasteiger partial charge in [-0.2, -0.15) is 0 Å². The second kappa shape index (κ2) is 8.46. The zero-order valence-electron chi connectivity index (χ0n) is 15.8. The van der Waals surface area contributed by atoms with Crippen molar-refractivity contribution in [2.75, 3.05) is 0 Å². The van der Waals surface area contributed by atoms with Gasteiger partial charge in [0.25, 0.3) is 5.79 Å². The summed E-state index contributed by atoms with van der Waals surface area (Å²) in [6.45, 7) is 5.74. The van der Waals surface area contributed by atoms with E-state index in [1.54, 1.807) is 13.0 Å². The predicted molar refractivity (Wildman–Crippen MR) is 104 cm³/mol. The molecule has 0 saturated carbocycles. The third kappa shape index (κ3) is 5.25. The molecule has 2 rings (SSSR count). The molecule has 4 nitrogen and oxygen atoms in total. The molecule has 0 spiro atoms. The molecule has 0 aromatic heterocycles. The van der Waals surface area contributed by atoms with Gasteiger partial charge in [-0.3, -0.25) is 0 Å². The van der Waals surface area contributed by atoms with Gasteiger partial charge in [0.1, 0.15) is 5.82 Å². The number of rotatable bonds is 7. The second-order valence-electron chi connectivity index (χ2n) is 6.92. The van der Waals surface area contributed by atoms with Crippen LogP contribution >= 0.6 is 0 Å². The van der Waals surface area contributed by atoms with E-state index in [9.17, 15) is 19.4 Å². The number of hydrogen-bond acceptors (Lipinski definition) is 3. The summed E-state index contributed by atoms with van der Waals surface area (Å²) in [5.41, 5.74) is 5.69. The zero-order valence-corrected chi connectivity index (χ0v) is 15.8. The number of carboxylic acids is 1. The minimum Gasteiger partial charge on any atom is -0.477 e. The Kier molecular flexibility index (Phi) is 6.52. The highest BCUT2D eigenvalue weighted by molar-refractivity contribution is 5.78. The van der Waals surface area contributed by atoms with Gasteiger partial charge in [0, 0.05) is 6.42 Å². The number of hydrogen-bond donors (Lipinski definition) is 3. The van der Waals surface area contributed by atoms with E-state index in [0.29, 0.717) is 18.4 Å². The number of halogens is 1. The zero-order chi connectivity index (χ0) is 20.2. The molecule has 0 aliphatic heterocycles. The van der Waals surface area contributed by atoms with Crippen LogP contribution in [0.4, 0.5) is 4.39 Å². The molecule has 0 heterocycles. The molecule has 144 valence electrons. The van der Waals surface area contributed by atoms with Crippen LogP contribution in [0.25, 0.3) is 17.2 Å². The molecule has 0 aliphatic carbocycles. The summed E-state index contributed by atoms with van der Waals surface area (Å²) in [6.07, 6.45) is 4.41. The summed E-state index contributed by atoms with van der Waals surface area (Å²) < 4.78 is 13.6. The lowest BCUT2D eigenvalue weighted by Crippen LogP contribution is -2.37. The maximum atomic E-state index is 13.6. The molecule has 0 radical (unpaired) electrons. The van der Waals surface area contributed by atoms with Crippen LogP contribution in [-0.4, -0.2) is 27.1 Å². The number of aliphatic hydroxyl groups is 2. The topological polar surface area (TPSA) is 77.8 Å². The van der Waals surface area contributed by atoms with Gasteiger partial charge < -0.3 is 15.3 Å². The first-order valence-corrected chi connectivity index (χ1v) is 8.84. The van der Waals surface area contributed by atoms with Crippen LogP contribution in [-0.2, 0) is 4.79 Å². The van der Waals surface area contributed by atoms with Crippen LogP contribution in [0.1, 0.15) is 41.5 Å². The Hall–Kier alpha value is -2.50. The Labute approximate surface area is 158 Å². The van der Waals surface area contributed by atoms with Crippen molar-refractivity contribution in [3.05, 3.63) is 64.5 Å². The Morgan fingerprint density at radius 1 is 1.11 bits per heavy atom. The van der Waals surface area contributed by atoms with Crippen molar-refractivity contribution in [3.63, 3.8) is 0 Å². The highest BCUT2D eigenvalue weighted by atomic mass is 19.1. The molecule has 0 bridgehead atoms. The summed E-state index contributed by atoms with van der Waals surface area (Å²) in [7, 11) is 0. The number of unbranched alkanes of at least 4 members (excludes halogenated alkanes) is 1. The van der Waals surface area contributed by atoms with Crippen LogP contribution in [0.15, 0.2) is 36.4 Å². The highest BCUT2D eigenvalue weighted by Gasteiger charge is 2.31. The van der Waals surface area contributed by atoms with Crippen molar-refractivity contribution in [3.8, 4) is 11.1 Å². The number of aryl methyl sites for hydroxylation is 3. The van der Waals surface area contributed by atoms with Crippen molar-refractivity contribution in [1.82, 2.24) is 0 Å². The number of carbonyl (C=O) groups is 1. The summed E-state index contributed by atoms with van der Waals surface area (Å²) in [6, 6.07) is 9.16. The lowest BCUT2D eigenvalue weighted by Gasteiger charge is -2.15. The van der Waals surface area contributed by atoms with Crippen molar-refractivity contribution >= 4 is 12.0 Å². The summed E-state index contributed by atoms with van der Waals surface area (Å²) in [4.78, 5) is 10.7. The molecule has 27 heavy (non-hydrogen) atoms. The monoisotopic (exact) mass is 372 g/mol. The quantitative estimate of drug-likeness (QED) is 0.498. The van der Waals surface area contributed by atoms with Gasteiger partial charge in [0.05, 0.1) is 0 Å². The van der Waals surface area contributed by atoms with Crippen molar-refractivity contribution < 1.29 is 24.5 Å². The van der Waals surface area contributed by atoms with Crippen molar-refractivity contribution in [2.45, 2.75) is 45.8 Å². The maximum Gasteiger partial charge on any atom is 0.364 e. The van der Waals surface area contributed by atoms with E-state index >= 15 is 0 Å². The molecule has 0 amide bonds. The normalized spacial score (nSPS) is 11.9. The van der Waals surface area contributed by atoms with E-state index in [4.69, 9.17) is 5.11 Å². The molecule has 0 fully saturated rings. The van der Waals surface area contributed by atoms with E-state index < -0.39 is 11.8 Å². The largest absolute Gasteiger partial charge is 0.477 e. The third-order valence-electron chi connectivity index (χ3n) is 4.52. The number of benzene rings is 2. The Balaban J connectivity index is 2.24. The van der Waals surface area contributed by atoms with E-state index in [0.717, 1.165) is 27.8 Å². The smallest absolute Gasteiger partial charge is 0.364 e. The minimum absolute atomic E-state index is 0.241. The summed E-state index contributed by atoms with van der Waals surface area (Å²) >= 11 is 0. The first kappa shape index (κ1) is 20.8. The molecular weight excluding hydrogens is 347 g/mol. The van der Waals surface area contributed by atoms with Crippen LogP contribution < -0.4 is 0 Å². The molecule has 0 unspecified atom stereocenters. The molecule has 0 aliphatic rings. The SMILES string of the molecule is Cc1cc(C)c(/C=C/CCCC(O)(O)C(=O)O)c(-c2ccc(F)c(C)c2)c1. The van der Waals surface area contributed by atoms with Gasteiger partial charge in [-0.15, -0.1) is 0 Å². The van der Waals surface area contributed by atoms with Gasteiger partial charge in [-0.1, -0.05) is 35.9 Å². The predicted octanol–water partition coefficient (Wildman–Crippen LogP) is 4.37. The van der Waals surface area contributed by atoms with Gasteiger partial charge >= 0.3 is 5.97 Å². The highest BCUT2D eigenvalue weighted by Crippen LogP contribution is 2.30. The fourth-order valence-corrected chi connectivity index (χ4v) is 3.03. The van der Waals surface area contributed by atoms with Crippen molar-refractivity contribution in [1.29, 1.82) is 0 Å². The van der Waals surface area contributed by atoms with E-state index in [1.165, 1.54) is 6.07 Å². The van der Waals surface area contributed by atoms with E-state index in [-0.39, 0.29) is 12.2 Å². The summed E-state index contributed by atoms with van der Waals surface area (Å²) in [5.74, 6) is -4.57. The second-order valence-corrected chi connectivity index (χ2v) is 6.92. The molecule has 2 aromatic rings. The molecule has 0 atom stereocenters. The average molecular weight is 372 g/mol. The Morgan fingerprint density at radius 2 is 1.81 bits per heavy atom. The van der Waals surface area contributed by atoms with E-state index in [2.05, 4.69) is 12.1 Å². The maximum absolute atomic E-state index is 13.6. The minimum atomic E-state index is -2.69. The van der Waals surface area contributed by atoms with Gasteiger partial charge in [-0.25, -0.2) is 9.18 Å². The fourth-order valence-electron chi connectivity index (χ4n) is 3.03. The van der Waals surface area contributed by atoms with Gasteiger partial charge in [0.2, 0.25) is 0 Å². The van der Waals surface area contributed by atoms with Crippen LogP contribution in [0.3, 0.4) is 0 Å². The molecule has 0 saturated heterocycles. The molecular formula is C22H25FO4. The Bertz CT molecular complexity index is 869. The lowest BCUT2D eigenvalue weighted by molar-refractivity contribution is -0.205. The van der Waals surface area contributed by atoms with Crippen LogP contribution in [0, 0.1) is 26.6 Å². The molecule has 3 N–H and O–H groups in total. The average Bonchev–Trinajstić information content (AvgIpc) is 2.58. The van der Waals surface area contributed by atoms with Crippen LogP contribution in [0.2, 0.25) is 0 Å². The van der Waals surface area contributed by atoms with E-state index in [1.807, 2.05) is 32.1 Å². The van der Waals surface area contributed by atoms with Gasteiger partial charge in [-0.05, 0) is 73.6 Å². The fraction of sp³-hybridized carbons (Fsp3) is 0.318. The van der Waals surface area contributed by atoms with Crippen LogP contribution in [0.5, 0.6) is 0 Å². The lowest BCUT2D eigenvalue weighted by atomic mass is 9.92. The summed E-state index contributed by atoms with van der Waals surface area (Å²) in [5, 5.41) is 27.3. The third-order valence-corrected chi connectivity index (χ3v) is 4.52. The van der Waals surface area contributed by atoms with Gasteiger partial charge in [0.15, 0.2) is 0 Å². The number of carboxylic acid groups (broad SMARTS) is 1. The first-order valence-electron chi connectivity index (χ1n) is 8.84. The first-order chi connectivity index (χ1) is 12.6. The standard InChI is InChI=1S/C22H25FO4/c1-14-11-15(2)18(7-5-4-6-10-22(26,27)21(24)25)19(12-14)17-8-9-20(23)16(3)13-17/h5,7-9,11-13,26-27H,4,6,10H2,1-3H3,(H,24,25)/b7-5+. The Morgan fingerprint density at radius 3 is 2.44 bits per heavy atom. The molecule has 5 heteroatoms. The number of aliphatic carboxylic acids is 1. The van der Waals surface area contributed by atoms with Crippen molar-refractivity contribution in [2.24, 2.45) is 0 Å². The number of allylic oxidation sites excluding steroid dienone is 1.